The Bertz CT molecular complexity index is 602. The fourth-order valence-corrected chi connectivity index (χ4v) is 4.93. The van der Waals surface area contributed by atoms with Gasteiger partial charge in [0.15, 0.2) is 0 Å². The molecule has 0 amide bonds. The van der Waals surface area contributed by atoms with Crippen LogP contribution < -0.4 is 4.74 Å². The molecule has 3 aliphatic carbocycles. The Morgan fingerprint density at radius 3 is 2.95 bits per heavy atom. The van der Waals surface area contributed by atoms with Crippen LogP contribution in [0.1, 0.15) is 49.7 Å². The molecule has 0 N–H and O–H groups in total. The smallest absolute Gasteiger partial charge is 0.308 e. The zero-order chi connectivity index (χ0) is 14.4. The molecule has 0 bridgehead atoms. The Morgan fingerprint density at radius 1 is 1.19 bits per heavy atom. The molecule has 4 unspecified atom stereocenters. The van der Waals surface area contributed by atoms with Gasteiger partial charge in [0.2, 0.25) is 0 Å². The minimum absolute atomic E-state index is 0.235. The number of fused-ring (bicyclic) bond motifs is 5. The Balaban J connectivity index is 1.63. The molecule has 1 fully saturated rings. The highest BCUT2D eigenvalue weighted by molar-refractivity contribution is 5.69. The molecule has 0 saturated heterocycles. The predicted molar refractivity (Wildman–Crippen MR) is 82.3 cm³/mol. The van der Waals surface area contributed by atoms with Crippen LogP contribution in [0.25, 0.3) is 0 Å². The lowest BCUT2D eigenvalue weighted by molar-refractivity contribution is -0.131. The van der Waals surface area contributed by atoms with Gasteiger partial charge in [-0.3, -0.25) is 4.79 Å². The van der Waals surface area contributed by atoms with E-state index >= 15 is 0 Å². The van der Waals surface area contributed by atoms with E-state index in [2.05, 4.69) is 24.3 Å². The van der Waals surface area contributed by atoms with Gasteiger partial charge in [0.1, 0.15) is 5.75 Å². The molecule has 0 heterocycles. The van der Waals surface area contributed by atoms with Crippen molar-refractivity contribution in [2.75, 3.05) is 0 Å². The summed E-state index contributed by atoms with van der Waals surface area (Å²) < 4.78 is 5.24. The molecule has 1 saturated carbocycles. The van der Waals surface area contributed by atoms with Crippen LogP contribution in [0.2, 0.25) is 0 Å². The van der Waals surface area contributed by atoms with E-state index in [0.717, 1.165) is 30.1 Å². The van der Waals surface area contributed by atoms with Gasteiger partial charge in [0.05, 0.1) is 0 Å². The largest absolute Gasteiger partial charge is 0.427 e. The van der Waals surface area contributed by atoms with Crippen LogP contribution in [0, 0.1) is 17.8 Å². The summed E-state index contributed by atoms with van der Waals surface area (Å²) >= 11 is 0. The van der Waals surface area contributed by atoms with Crippen LogP contribution in [0.4, 0.5) is 0 Å². The second kappa shape index (κ2) is 5.01. The summed E-state index contributed by atoms with van der Waals surface area (Å²) in [5.74, 6) is 3.77. The number of benzene rings is 1. The van der Waals surface area contributed by atoms with Gasteiger partial charge >= 0.3 is 5.97 Å². The van der Waals surface area contributed by atoms with Gasteiger partial charge in [-0.15, -0.1) is 0 Å². The van der Waals surface area contributed by atoms with Crippen molar-refractivity contribution >= 4 is 5.97 Å². The number of ether oxygens (including phenoxy) is 1. The lowest BCUT2D eigenvalue weighted by Gasteiger charge is -2.44. The first kappa shape index (κ1) is 13.1. The highest BCUT2D eigenvalue weighted by atomic mass is 16.5. The molecular weight excluding hydrogens is 260 g/mol. The number of hydrogen-bond acceptors (Lipinski definition) is 2. The van der Waals surface area contributed by atoms with Crippen molar-refractivity contribution in [3.05, 3.63) is 41.5 Å². The van der Waals surface area contributed by atoms with Crippen molar-refractivity contribution in [3.63, 3.8) is 0 Å². The number of allylic oxidation sites excluding steroid dienone is 2. The minimum Gasteiger partial charge on any atom is -0.427 e. The molecule has 1 aromatic carbocycles. The molecular formula is C19H22O2. The standard InChI is InChI=1S/C19H22O2/c1-12(20)21-15-7-10-17-14(11-15)6-9-18-16-4-2-3-13(16)5-8-19(17)18/h2-3,7,10-11,13,16,18-19H,4-6,8-9H2,1H3. The van der Waals surface area contributed by atoms with E-state index in [1.54, 1.807) is 0 Å². The third-order valence-electron chi connectivity index (χ3n) is 5.74. The molecule has 2 nitrogen and oxygen atoms in total. The van der Waals surface area contributed by atoms with Gasteiger partial charge in [0, 0.05) is 6.92 Å². The quantitative estimate of drug-likeness (QED) is 0.437. The molecule has 4 rings (SSSR count). The molecule has 3 aliphatic rings. The average molecular weight is 282 g/mol. The van der Waals surface area contributed by atoms with Crippen molar-refractivity contribution in [2.45, 2.75) is 44.9 Å². The van der Waals surface area contributed by atoms with Gasteiger partial charge in [-0.05, 0) is 79.0 Å². The first-order valence-corrected chi connectivity index (χ1v) is 8.20. The van der Waals surface area contributed by atoms with Crippen LogP contribution in [-0.2, 0) is 11.2 Å². The zero-order valence-corrected chi connectivity index (χ0v) is 12.5. The lowest BCUT2D eigenvalue weighted by Crippen LogP contribution is -2.34. The first-order valence-electron chi connectivity index (χ1n) is 8.20. The molecule has 21 heavy (non-hydrogen) atoms. The summed E-state index contributed by atoms with van der Waals surface area (Å²) in [5, 5.41) is 0. The summed E-state index contributed by atoms with van der Waals surface area (Å²) in [5.41, 5.74) is 2.92. The first-order chi connectivity index (χ1) is 10.2. The Hall–Kier alpha value is -1.57. The molecule has 110 valence electrons. The zero-order valence-electron chi connectivity index (χ0n) is 12.5. The third-order valence-corrected chi connectivity index (χ3v) is 5.74. The van der Waals surface area contributed by atoms with Gasteiger partial charge in [-0.2, -0.15) is 0 Å². The second-order valence-electron chi connectivity index (χ2n) is 6.83. The molecule has 0 aliphatic heterocycles. The van der Waals surface area contributed by atoms with Crippen LogP contribution in [0.15, 0.2) is 30.4 Å². The maximum absolute atomic E-state index is 11.1. The van der Waals surface area contributed by atoms with Crippen LogP contribution in [0.5, 0.6) is 5.75 Å². The molecule has 1 aromatic rings. The Kier molecular flexibility index (Phi) is 3.13. The minimum atomic E-state index is -0.235. The van der Waals surface area contributed by atoms with E-state index in [-0.39, 0.29) is 5.97 Å². The van der Waals surface area contributed by atoms with Gasteiger partial charge < -0.3 is 4.74 Å². The van der Waals surface area contributed by atoms with E-state index < -0.39 is 0 Å². The number of rotatable bonds is 1. The van der Waals surface area contributed by atoms with E-state index in [0.29, 0.717) is 5.75 Å². The molecule has 2 heteroatoms. The van der Waals surface area contributed by atoms with Crippen molar-refractivity contribution in [2.24, 2.45) is 17.8 Å². The average Bonchev–Trinajstić information content (AvgIpc) is 2.94. The summed E-state index contributed by atoms with van der Waals surface area (Å²) in [6, 6.07) is 6.28. The molecule has 0 aromatic heterocycles. The monoisotopic (exact) mass is 282 g/mol. The van der Waals surface area contributed by atoms with E-state index in [9.17, 15) is 4.79 Å². The van der Waals surface area contributed by atoms with Crippen molar-refractivity contribution in [1.82, 2.24) is 0 Å². The third kappa shape index (κ3) is 2.21. The molecule has 0 spiro atoms. The van der Waals surface area contributed by atoms with Crippen molar-refractivity contribution in [1.29, 1.82) is 0 Å². The van der Waals surface area contributed by atoms with Crippen LogP contribution in [-0.4, -0.2) is 5.97 Å². The maximum Gasteiger partial charge on any atom is 0.308 e. The van der Waals surface area contributed by atoms with Gasteiger partial charge in [0.25, 0.3) is 0 Å². The number of esters is 1. The predicted octanol–water partition coefficient (Wildman–Crippen LogP) is 4.24. The normalized spacial score (nSPS) is 33.0. The number of aryl methyl sites for hydroxylation is 1. The summed E-state index contributed by atoms with van der Waals surface area (Å²) in [7, 11) is 0. The molecule has 0 radical (unpaired) electrons. The second-order valence-corrected chi connectivity index (χ2v) is 6.83. The summed E-state index contributed by atoms with van der Waals surface area (Å²) in [6.07, 6.45) is 11.2. The fraction of sp³-hybridized carbons (Fsp3) is 0.526. The number of hydrogen-bond donors (Lipinski definition) is 0. The van der Waals surface area contributed by atoms with Crippen LogP contribution in [0.3, 0.4) is 0 Å². The molecule has 4 atom stereocenters. The van der Waals surface area contributed by atoms with E-state index in [4.69, 9.17) is 4.74 Å². The Morgan fingerprint density at radius 2 is 2.10 bits per heavy atom. The SMILES string of the molecule is CC(=O)Oc1ccc2c(c1)CCC1C2CCC2C=CCC21. The van der Waals surface area contributed by atoms with Crippen molar-refractivity contribution in [3.8, 4) is 5.75 Å². The van der Waals surface area contributed by atoms with Gasteiger partial charge in [-0.1, -0.05) is 18.2 Å². The highest BCUT2D eigenvalue weighted by Gasteiger charge is 2.42. The summed E-state index contributed by atoms with van der Waals surface area (Å²) in [4.78, 5) is 11.1. The van der Waals surface area contributed by atoms with Crippen LogP contribution >= 0.6 is 0 Å². The maximum atomic E-state index is 11.1. The number of carbonyl (C=O) groups is 1. The Labute approximate surface area is 126 Å². The van der Waals surface area contributed by atoms with E-state index in [1.165, 1.54) is 43.7 Å². The topological polar surface area (TPSA) is 26.3 Å². The van der Waals surface area contributed by atoms with E-state index in [1.807, 2.05) is 6.07 Å². The lowest BCUT2D eigenvalue weighted by atomic mass is 9.61. The number of carbonyl (C=O) groups excluding carboxylic acids is 1. The summed E-state index contributed by atoms with van der Waals surface area (Å²) in [6.45, 7) is 1.46. The highest BCUT2D eigenvalue weighted by Crippen LogP contribution is 2.53. The fourth-order valence-electron chi connectivity index (χ4n) is 4.93. The van der Waals surface area contributed by atoms with Gasteiger partial charge in [-0.25, -0.2) is 0 Å². The van der Waals surface area contributed by atoms with Crippen molar-refractivity contribution < 1.29 is 9.53 Å².